The van der Waals surface area contributed by atoms with Gasteiger partial charge >= 0.3 is 20.1 Å². The Morgan fingerprint density at radius 3 is 1.49 bits per heavy atom. The van der Waals surface area contributed by atoms with Gasteiger partial charge in [-0.15, -0.1) is 60.2 Å². The number of hydrogen-bond donors (Lipinski definition) is 0. The Bertz CT molecular complexity index is 3680. The third kappa shape index (κ3) is 10.8. The van der Waals surface area contributed by atoms with E-state index in [0.29, 0.717) is 40.1 Å². The van der Waals surface area contributed by atoms with E-state index in [1.54, 1.807) is 12.3 Å². The molecule has 7 aromatic carbocycles. The molecule has 3 heterocycles. The first-order valence-electron chi connectivity index (χ1n) is 25.5. The van der Waals surface area contributed by atoms with Crippen LogP contribution in [-0.2, 0) is 45.6 Å². The Balaban J connectivity index is 0.00000740. The summed E-state index contributed by atoms with van der Waals surface area (Å²) in [6, 6.07) is 50.0. The molecular formula is C61H39F5IrN3. The van der Waals surface area contributed by atoms with Crippen LogP contribution in [0.2, 0.25) is 0 Å². The van der Waals surface area contributed by atoms with Crippen molar-refractivity contribution in [2.45, 2.75) is 25.5 Å². The van der Waals surface area contributed by atoms with E-state index in [1.807, 2.05) is 78.9 Å². The monoisotopic (exact) mass is 1110 g/mol. The van der Waals surface area contributed by atoms with E-state index >= 15 is 4.39 Å². The molecule has 0 unspecified atom stereocenters. The van der Waals surface area contributed by atoms with Crippen LogP contribution >= 0.6 is 0 Å². The van der Waals surface area contributed by atoms with Crippen LogP contribution in [0.3, 0.4) is 0 Å². The number of pyridine rings is 3. The molecule has 0 bridgehead atoms. The standard InChI is InChI=1S/C61H39F5N3.Ir/c62-48-21-24-51(56-38-69-61(46-9-5-2-6-10-46)35-55(56)45-19-17-44(18-20-45)43-7-3-1-4-8-43)54(32-48)47-30-41(13-11-39-15-27-59(67-36-39)52-25-22-49(63)33-57(52)65)29-42(31-47)14-12-40-16-28-60(68-37-40)53-26-23-50(64)34-58(53)66;/h1-9,15-24,27-38H,11-14H2;/q-3;+3/i11D2,12D2,13D2,14D2;. The van der Waals surface area contributed by atoms with Gasteiger partial charge in [0.15, 0.2) is 0 Å². The van der Waals surface area contributed by atoms with Gasteiger partial charge in [0, 0.05) is 58.4 Å². The smallest absolute Gasteiger partial charge is 0.304 e. The van der Waals surface area contributed by atoms with E-state index in [1.165, 1.54) is 48.5 Å². The normalized spacial score (nSPS) is 13.6. The summed E-state index contributed by atoms with van der Waals surface area (Å²) >= 11 is 0. The van der Waals surface area contributed by atoms with Crippen LogP contribution in [0.5, 0.6) is 0 Å². The predicted octanol–water partition coefficient (Wildman–Crippen LogP) is 15.2. The Hall–Kier alpha value is -7.71. The van der Waals surface area contributed by atoms with Crippen molar-refractivity contribution in [2.75, 3.05) is 0 Å². The van der Waals surface area contributed by atoms with Crippen LogP contribution in [0.4, 0.5) is 22.0 Å². The number of aromatic nitrogens is 3. The van der Waals surface area contributed by atoms with E-state index < -0.39 is 65.7 Å². The average molecular weight is 1110 g/mol. The molecule has 0 saturated carbocycles. The van der Waals surface area contributed by atoms with E-state index in [4.69, 9.17) is 4.98 Å². The number of halogens is 5. The van der Waals surface area contributed by atoms with Crippen molar-refractivity contribution in [3.63, 3.8) is 0 Å². The van der Waals surface area contributed by atoms with Crippen molar-refractivity contribution in [1.29, 1.82) is 0 Å². The molecule has 0 radical (unpaired) electrons. The van der Waals surface area contributed by atoms with Gasteiger partial charge in [-0.1, -0.05) is 132 Å². The molecule has 70 heavy (non-hydrogen) atoms. The van der Waals surface area contributed by atoms with Gasteiger partial charge < -0.3 is 15.0 Å². The zero-order chi connectivity index (χ0) is 54.4. The minimum atomic E-state index is -3.12. The molecular weight excluding hydrogens is 1060 g/mol. The zero-order valence-electron chi connectivity index (χ0n) is 44.5. The van der Waals surface area contributed by atoms with Gasteiger partial charge in [-0.25, -0.2) is 4.39 Å². The Kier molecular flexibility index (Phi) is 11.6. The molecule has 0 spiro atoms. The average Bonchev–Trinajstić information content (AvgIpc) is 3.44. The molecule has 9 heteroatoms. The van der Waals surface area contributed by atoms with E-state index in [-0.39, 0.29) is 64.9 Å². The van der Waals surface area contributed by atoms with Crippen molar-refractivity contribution in [3.05, 3.63) is 258 Å². The summed E-state index contributed by atoms with van der Waals surface area (Å²) in [6.07, 6.45) is -8.70. The van der Waals surface area contributed by atoms with Crippen LogP contribution in [0.15, 0.2) is 188 Å². The second-order valence-corrected chi connectivity index (χ2v) is 15.8. The quantitative estimate of drug-likeness (QED) is 0.0853. The summed E-state index contributed by atoms with van der Waals surface area (Å²) in [4.78, 5) is 13.1. The first-order valence-corrected chi connectivity index (χ1v) is 21.5. The molecule has 342 valence electrons. The SMILES string of the molecule is [2H]C([2H])(c1ccc(-c2[c-]cc(F)cc2F)nc1)C([2H])([2H])c1cc(-c2cc(F)ccc2-c2cnc(-c3[c-]cccc3)cc2-c2ccc(-c3ccccc3)cc2)cc(C([2H])([2H])C([2H])([2H])c2ccc(-c3[c-]cc(F)cc3F)nc2)c1.[Ir+3]. The fourth-order valence-corrected chi connectivity index (χ4v) is 7.80. The fraction of sp³-hybridized carbons (Fsp3) is 0.0656. The molecule has 0 fully saturated rings. The number of nitrogens with zero attached hydrogens (tertiary/aromatic N) is 3. The first kappa shape index (κ1) is 38.2. The topological polar surface area (TPSA) is 38.7 Å². The van der Waals surface area contributed by atoms with E-state index in [0.717, 1.165) is 53.3 Å². The molecule has 0 N–H and O–H groups in total. The van der Waals surface area contributed by atoms with Crippen LogP contribution in [0.1, 0.15) is 33.2 Å². The zero-order valence-corrected chi connectivity index (χ0v) is 38.9. The molecule has 3 nitrogen and oxygen atoms in total. The van der Waals surface area contributed by atoms with Crippen LogP contribution < -0.4 is 0 Å². The van der Waals surface area contributed by atoms with Gasteiger partial charge in [-0.2, -0.15) is 0 Å². The van der Waals surface area contributed by atoms with Crippen LogP contribution in [0.25, 0.3) is 78.3 Å². The summed E-state index contributed by atoms with van der Waals surface area (Å²) < 4.78 is 149. The molecule has 0 aliphatic heterocycles. The molecule has 0 aliphatic carbocycles. The number of aryl methyl sites for hydroxylation is 4. The summed E-state index contributed by atoms with van der Waals surface area (Å²) in [7, 11) is 0. The van der Waals surface area contributed by atoms with Gasteiger partial charge in [0.2, 0.25) is 0 Å². The molecule has 0 saturated heterocycles. The van der Waals surface area contributed by atoms with Gasteiger partial charge in [-0.05, 0) is 116 Å². The summed E-state index contributed by atoms with van der Waals surface area (Å²) in [5, 5.41) is 0. The van der Waals surface area contributed by atoms with E-state index in [9.17, 15) is 28.5 Å². The third-order valence-corrected chi connectivity index (χ3v) is 11.2. The number of hydrogen-bond acceptors (Lipinski definition) is 3. The van der Waals surface area contributed by atoms with Gasteiger partial charge in [0.25, 0.3) is 0 Å². The molecule has 10 rings (SSSR count). The third-order valence-electron chi connectivity index (χ3n) is 11.2. The maximum absolute atomic E-state index is 16.0. The number of benzene rings is 7. The van der Waals surface area contributed by atoms with Crippen molar-refractivity contribution >= 4 is 0 Å². The molecule has 0 atom stereocenters. The molecule has 0 amide bonds. The molecule has 3 aromatic heterocycles. The first-order chi connectivity index (χ1) is 36.7. The summed E-state index contributed by atoms with van der Waals surface area (Å²) in [5.74, 6) is -4.48. The summed E-state index contributed by atoms with van der Waals surface area (Å²) in [6.45, 7) is 0. The largest absolute Gasteiger partial charge is 3.00 e. The number of rotatable bonds is 13. The Morgan fingerprint density at radius 1 is 0.386 bits per heavy atom. The predicted molar refractivity (Wildman–Crippen MR) is 262 cm³/mol. The Morgan fingerprint density at radius 2 is 0.929 bits per heavy atom. The second-order valence-electron chi connectivity index (χ2n) is 15.8. The van der Waals surface area contributed by atoms with Crippen LogP contribution in [0, 0.1) is 47.3 Å². The fourth-order valence-electron chi connectivity index (χ4n) is 7.80. The Labute approximate surface area is 428 Å². The van der Waals surface area contributed by atoms with Crippen molar-refractivity contribution in [2.24, 2.45) is 0 Å². The van der Waals surface area contributed by atoms with Crippen molar-refractivity contribution < 1.29 is 53.0 Å². The second kappa shape index (κ2) is 21.3. The van der Waals surface area contributed by atoms with Gasteiger partial charge in [0.1, 0.15) is 5.82 Å². The molecule has 0 aliphatic rings. The molecule has 10 aromatic rings. The van der Waals surface area contributed by atoms with Crippen molar-refractivity contribution in [1.82, 2.24) is 15.0 Å². The van der Waals surface area contributed by atoms with E-state index in [2.05, 4.69) is 28.2 Å². The maximum atomic E-state index is 16.0. The van der Waals surface area contributed by atoms with Crippen molar-refractivity contribution in [3.8, 4) is 78.3 Å². The minimum absolute atomic E-state index is 0. The summed E-state index contributed by atoms with van der Waals surface area (Å²) in [5.41, 5.74) is 3.18. The van der Waals surface area contributed by atoms with Gasteiger partial charge in [-0.3, -0.25) is 17.6 Å². The maximum Gasteiger partial charge on any atom is 3.00 e. The van der Waals surface area contributed by atoms with Crippen LogP contribution in [-0.4, -0.2) is 15.0 Å². The minimum Gasteiger partial charge on any atom is -0.304 e. The van der Waals surface area contributed by atoms with Gasteiger partial charge in [0.05, 0.1) is 0 Å².